The molecule has 6 heteroatoms. The van der Waals surface area contributed by atoms with Crippen LogP contribution in [0.2, 0.25) is 0 Å². The van der Waals surface area contributed by atoms with Gasteiger partial charge in [0.2, 0.25) is 0 Å². The number of aliphatic hydroxyl groups is 1. The molecule has 0 saturated heterocycles. The van der Waals surface area contributed by atoms with E-state index in [-0.39, 0.29) is 6.42 Å². The van der Waals surface area contributed by atoms with Gasteiger partial charge in [0.15, 0.2) is 0 Å². The molecule has 0 bridgehead atoms. The summed E-state index contributed by atoms with van der Waals surface area (Å²) in [4.78, 5) is 25.3. The topological polar surface area (TPSA) is 76.1 Å². The molecule has 2 atom stereocenters. The molecule has 0 spiro atoms. The van der Waals surface area contributed by atoms with Crippen LogP contribution in [0.25, 0.3) is 0 Å². The number of amides is 2. The van der Waals surface area contributed by atoms with E-state index >= 15 is 0 Å². The molecule has 126 valence electrons. The summed E-state index contributed by atoms with van der Waals surface area (Å²) in [6.07, 6.45) is 2.86. The predicted molar refractivity (Wildman–Crippen MR) is 83.2 cm³/mol. The quantitative estimate of drug-likeness (QED) is 0.811. The third-order valence-corrected chi connectivity index (χ3v) is 2.25. The number of carbonyl (C=O) groups excluding carboxylic acids is 2. The highest BCUT2D eigenvalue weighted by Crippen LogP contribution is 2.18. The Hall–Kier alpha value is -1.74. The molecule has 0 aromatic carbocycles. The Morgan fingerprint density at radius 3 is 1.68 bits per heavy atom. The van der Waals surface area contributed by atoms with E-state index in [2.05, 4.69) is 5.92 Å². The maximum Gasteiger partial charge on any atom is 0.420 e. The summed E-state index contributed by atoms with van der Waals surface area (Å²) in [7, 11) is 0. The minimum Gasteiger partial charge on any atom is -0.443 e. The van der Waals surface area contributed by atoms with Gasteiger partial charge < -0.3 is 14.6 Å². The van der Waals surface area contributed by atoms with Crippen molar-refractivity contribution in [3.8, 4) is 12.3 Å². The van der Waals surface area contributed by atoms with Crippen LogP contribution in [-0.4, -0.2) is 45.5 Å². The highest BCUT2D eigenvalue weighted by atomic mass is 16.6. The van der Waals surface area contributed by atoms with Crippen LogP contribution in [-0.2, 0) is 9.47 Å². The largest absolute Gasteiger partial charge is 0.443 e. The third-order valence-electron chi connectivity index (χ3n) is 2.25. The standard InChI is InChI=1S/C16H27NO5/c1-9-12(10-11(2)18)17(13(19)21-15(3,4)5)14(20)22-16(6,7)8/h1,11-12,18H,10H2,2-8H3/t11-,12+/m0/s1. The molecule has 0 rings (SSSR count). The monoisotopic (exact) mass is 313 g/mol. The van der Waals surface area contributed by atoms with Crippen LogP contribution in [0.15, 0.2) is 0 Å². The smallest absolute Gasteiger partial charge is 0.420 e. The van der Waals surface area contributed by atoms with Crippen molar-refractivity contribution in [1.29, 1.82) is 0 Å². The van der Waals surface area contributed by atoms with Crippen molar-refractivity contribution in [2.24, 2.45) is 0 Å². The van der Waals surface area contributed by atoms with Gasteiger partial charge in [-0.1, -0.05) is 5.92 Å². The maximum atomic E-state index is 12.3. The molecule has 6 nitrogen and oxygen atoms in total. The number of hydrogen-bond donors (Lipinski definition) is 1. The second-order valence-electron chi connectivity index (χ2n) is 7.10. The Bertz CT molecular complexity index is 409. The number of carbonyl (C=O) groups is 2. The van der Waals surface area contributed by atoms with Crippen LogP contribution in [0, 0.1) is 12.3 Å². The fourth-order valence-corrected chi connectivity index (χ4v) is 1.52. The van der Waals surface area contributed by atoms with Crippen molar-refractivity contribution >= 4 is 12.2 Å². The highest BCUT2D eigenvalue weighted by molar-refractivity contribution is 5.89. The first-order valence-electron chi connectivity index (χ1n) is 7.16. The summed E-state index contributed by atoms with van der Waals surface area (Å²) in [5.41, 5.74) is -1.58. The summed E-state index contributed by atoms with van der Waals surface area (Å²) in [5, 5.41) is 9.51. The normalized spacial score (nSPS) is 14.5. The van der Waals surface area contributed by atoms with E-state index in [1.165, 1.54) is 6.92 Å². The Balaban J connectivity index is 5.43. The van der Waals surface area contributed by atoms with Crippen LogP contribution < -0.4 is 0 Å². The summed E-state index contributed by atoms with van der Waals surface area (Å²) >= 11 is 0. The molecule has 0 aliphatic heterocycles. The van der Waals surface area contributed by atoms with Crippen LogP contribution >= 0.6 is 0 Å². The van der Waals surface area contributed by atoms with E-state index in [4.69, 9.17) is 15.9 Å². The van der Waals surface area contributed by atoms with Gasteiger partial charge in [0.1, 0.15) is 17.2 Å². The minimum atomic E-state index is -0.954. The molecule has 0 aromatic heterocycles. The van der Waals surface area contributed by atoms with Gasteiger partial charge >= 0.3 is 12.2 Å². The van der Waals surface area contributed by atoms with Gasteiger partial charge in [-0.25, -0.2) is 9.59 Å². The molecular weight excluding hydrogens is 286 g/mol. The first-order chi connectivity index (χ1) is 9.76. The zero-order valence-corrected chi connectivity index (χ0v) is 14.5. The van der Waals surface area contributed by atoms with E-state index in [0.29, 0.717) is 0 Å². The summed E-state index contributed by atoms with van der Waals surface area (Å²) in [6, 6.07) is -0.954. The number of hydrogen-bond acceptors (Lipinski definition) is 5. The van der Waals surface area contributed by atoms with E-state index in [1.54, 1.807) is 41.5 Å². The first kappa shape index (κ1) is 20.3. The van der Waals surface area contributed by atoms with E-state index in [1.807, 2.05) is 0 Å². The van der Waals surface area contributed by atoms with Crippen LogP contribution in [0.5, 0.6) is 0 Å². The van der Waals surface area contributed by atoms with Crippen molar-refractivity contribution in [2.45, 2.75) is 78.2 Å². The second-order valence-corrected chi connectivity index (χ2v) is 7.10. The molecule has 0 radical (unpaired) electrons. The summed E-state index contributed by atoms with van der Waals surface area (Å²) in [5.74, 6) is 2.33. The Morgan fingerprint density at radius 2 is 1.45 bits per heavy atom. The molecule has 22 heavy (non-hydrogen) atoms. The van der Waals surface area contributed by atoms with Gasteiger partial charge in [0.05, 0.1) is 6.10 Å². The second kappa shape index (κ2) is 7.50. The lowest BCUT2D eigenvalue weighted by atomic mass is 10.1. The lowest BCUT2D eigenvalue weighted by Gasteiger charge is -2.31. The lowest BCUT2D eigenvalue weighted by molar-refractivity contribution is -0.00594. The van der Waals surface area contributed by atoms with Crippen molar-refractivity contribution in [1.82, 2.24) is 4.90 Å². The summed E-state index contributed by atoms with van der Waals surface area (Å²) < 4.78 is 10.4. The molecule has 0 aliphatic rings. The third kappa shape index (κ3) is 7.89. The summed E-state index contributed by atoms with van der Waals surface area (Å²) in [6.45, 7) is 11.6. The van der Waals surface area contributed by atoms with Gasteiger partial charge in [0.25, 0.3) is 0 Å². The van der Waals surface area contributed by atoms with Gasteiger partial charge in [-0.15, -0.1) is 6.42 Å². The Morgan fingerprint density at radius 1 is 1.09 bits per heavy atom. The van der Waals surface area contributed by atoms with Gasteiger partial charge in [0, 0.05) is 6.42 Å². The fourth-order valence-electron chi connectivity index (χ4n) is 1.52. The van der Waals surface area contributed by atoms with E-state index in [9.17, 15) is 14.7 Å². The Kier molecular flexibility index (Phi) is 6.91. The zero-order valence-electron chi connectivity index (χ0n) is 14.5. The van der Waals surface area contributed by atoms with E-state index in [0.717, 1.165) is 4.90 Å². The van der Waals surface area contributed by atoms with Crippen molar-refractivity contribution in [2.75, 3.05) is 0 Å². The van der Waals surface area contributed by atoms with Gasteiger partial charge in [-0.05, 0) is 48.5 Å². The van der Waals surface area contributed by atoms with Crippen LogP contribution in [0.1, 0.15) is 54.9 Å². The number of ether oxygens (including phenoxy) is 2. The maximum absolute atomic E-state index is 12.3. The molecule has 0 saturated carbocycles. The zero-order chi connectivity index (χ0) is 17.7. The van der Waals surface area contributed by atoms with Crippen molar-refractivity contribution in [3.05, 3.63) is 0 Å². The van der Waals surface area contributed by atoms with Crippen molar-refractivity contribution in [3.63, 3.8) is 0 Å². The lowest BCUT2D eigenvalue weighted by Crippen LogP contribution is -2.49. The minimum absolute atomic E-state index is 0.0367. The predicted octanol–water partition coefficient (Wildman–Crippen LogP) is 2.93. The van der Waals surface area contributed by atoms with Crippen molar-refractivity contribution < 1.29 is 24.2 Å². The number of imide groups is 1. The molecule has 0 heterocycles. The molecule has 0 aliphatic carbocycles. The average Bonchev–Trinajstić information content (AvgIpc) is 2.21. The number of nitrogens with zero attached hydrogens (tertiary/aromatic N) is 1. The van der Waals surface area contributed by atoms with E-state index < -0.39 is 35.5 Å². The molecule has 0 unspecified atom stereocenters. The molecular formula is C16H27NO5. The number of terminal acetylenes is 1. The van der Waals surface area contributed by atoms with Crippen LogP contribution in [0.4, 0.5) is 9.59 Å². The molecule has 1 N–H and O–H groups in total. The first-order valence-corrected chi connectivity index (χ1v) is 7.16. The average molecular weight is 313 g/mol. The van der Waals surface area contributed by atoms with Crippen LogP contribution in [0.3, 0.4) is 0 Å². The fraction of sp³-hybridized carbons (Fsp3) is 0.750. The Labute approximate surface area is 132 Å². The molecule has 0 aromatic rings. The SMILES string of the molecule is C#C[C@H](C[C@H](C)O)N(C(=O)OC(C)(C)C)C(=O)OC(C)(C)C. The highest BCUT2D eigenvalue weighted by Gasteiger charge is 2.36. The van der Waals surface area contributed by atoms with Gasteiger partial charge in [-0.3, -0.25) is 0 Å². The number of aliphatic hydroxyl groups excluding tert-OH is 1. The molecule has 0 fully saturated rings. The number of rotatable bonds is 3. The molecule has 2 amide bonds. The van der Waals surface area contributed by atoms with Gasteiger partial charge in [-0.2, -0.15) is 4.90 Å².